The zero-order chi connectivity index (χ0) is 15.6. The summed E-state index contributed by atoms with van der Waals surface area (Å²) in [5.41, 5.74) is 9.50. The number of fused-ring (bicyclic) bond motifs is 1. The van der Waals surface area contributed by atoms with Crippen molar-refractivity contribution < 1.29 is 4.74 Å². The number of nitrogens with zero attached hydrogens (tertiary/aromatic N) is 3. The Labute approximate surface area is 131 Å². The first-order chi connectivity index (χ1) is 11.3. The van der Waals surface area contributed by atoms with Crippen molar-refractivity contribution in [2.45, 2.75) is 6.61 Å². The van der Waals surface area contributed by atoms with E-state index in [1.165, 1.54) is 0 Å². The number of anilines is 1. The van der Waals surface area contributed by atoms with E-state index in [2.05, 4.69) is 25.4 Å². The van der Waals surface area contributed by atoms with Crippen molar-refractivity contribution >= 4 is 16.7 Å². The lowest BCUT2D eigenvalue weighted by atomic mass is 10.1. The molecule has 0 amide bonds. The first-order valence-corrected chi connectivity index (χ1v) is 7.11. The Hall–Kier alpha value is -3.35. The van der Waals surface area contributed by atoms with E-state index in [0.717, 1.165) is 27.9 Å². The molecule has 0 aliphatic carbocycles. The molecule has 3 aromatic heterocycles. The summed E-state index contributed by atoms with van der Waals surface area (Å²) in [5.74, 6) is 1.11. The van der Waals surface area contributed by atoms with Crippen molar-refractivity contribution in [1.29, 1.82) is 0 Å². The Balaban J connectivity index is 1.73. The number of aromatic nitrogens is 5. The maximum atomic E-state index is 5.91. The summed E-state index contributed by atoms with van der Waals surface area (Å²) >= 11 is 0. The fraction of sp³-hybridized carbons (Fsp3) is 0.0625. The topological polar surface area (TPSA) is 105 Å². The van der Waals surface area contributed by atoms with Gasteiger partial charge in [-0.2, -0.15) is 10.2 Å². The van der Waals surface area contributed by atoms with Gasteiger partial charge in [-0.1, -0.05) is 6.07 Å². The lowest BCUT2D eigenvalue weighted by Gasteiger charge is -2.10. The second-order valence-electron chi connectivity index (χ2n) is 5.12. The average molecular weight is 306 g/mol. The van der Waals surface area contributed by atoms with E-state index < -0.39 is 0 Å². The van der Waals surface area contributed by atoms with Gasteiger partial charge in [-0.15, -0.1) is 0 Å². The summed E-state index contributed by atoms with van der Waals surface area (Å²) in [6.07, 6.45) is 3.40. The van der Waals surface area contributed by atoms with E-state index in [0.29, 0.717) is 18.2 Å². The van der Waals surface area contributed by atoms with E-state index in [4.69, 9.17) is 10.5 Å². The van der Waals surface area contributed by atoms with E-state index in [-0.39, 0.29) is 0 Å². The maximum Gasteiger partial charge on any atom is 0.132 e. The van der Waals surface area contributed by atoms with Crippen LogP contribution in [0.3, 0.4) is 0 Å². The quantitative estimate of drug-likeness (QED) is 0.537. The molecule has 23 heavy (non-hydrogen) atoms. The molecule has 0 spiro atoms. The lowest BCUT2D eigenvalue weighted by Crippen LogP contribution is -1.99. The first kappa shape index (κ1) is 13.3. The minimum atomic E-state index is 0.390. The molecular formula is C16H14N6O. The van der Waals surface area contributed by atoms with Crippen molar-refractivity contribution in [1.82, 2.24) is 25.4 Å². The summed E-state index contributed by atoms with van der Waals surface area (Å²) < 4.78 is 5.86. The summed E-state index contributed by atoms with van der Waals surface area (Å²) in [7, 11) is 0. The number of nitrogens with one attached hydrogen (secondary N) is 2. The van der Waals surface area contributed by atoms with Gasteiger partial charge < -0.3 is 10.5 Å². The lowest BCUT2D eigenvalue weighted by molar-refractivity contribution is 0.305. The highest BCUT2D eigenvalue weighted by Crippen LogP contribution is 2.30. The number of hydrogen-bond acceptors (Lipinski definition) is 5. The van der Waals surface area contributed by atoms with Gasteiger partial charge >= 0.3 is 0 Å². The molecule has 0 saturated heterocycles. The molecule has 7 heteroatoms. The van der Waals surface area contributed by atoms with E-state index in [9.17, 15) is 0 Å². The molecular weight excluding hydrogens is 292 g/mol. The van der Waals surface area contributed by atoms with Crippen LogP contribution >= 0.6 is 0 Å². The zero-order valence-corrected chi connectivity index (χ0v) is 12.2. The van der Waals surface area contributed by atoms with Gasteiger partial charge in [0.15, 0.2) is 0 Å². The monoisotopic (exact) mass is 306 g/mol. The Morgan fingerprint density at radius 1 is 1.00 bits per heavy atom. The number of nitrogen functional groups attached to an aromatic ring is 1. The van der Waals surface area contributed by atoms with Crippen molar-refractivity contribution in [2.24, 2.45) is 0 Å². The Morgan fingerprint density at radius 3 is 2.65 bits per heavy atom. The number of pyridine rings is 1. The summed E-state index contributed by atoms with van der Waals surface area (Å²) in [4.78, 5) is 4.40. The molecule has 4 N–H and O–H groups in total. The number of H-pyrrole nitrogens is 2. The minimum absolute atomic E-state index is 0.390. The second kappa shape index (κ2) is 5.45. The zero-order valence-electron chi connectivity index (χ0n) is 12.2. The third-order valence-corrected chi connectivity index (χ3v) is 3.55. The van der Waals surface area contributed by atoms with Crippen LogP contribution < -0.4 is 10.5 Å². The minimum Gasteiger partial charge on any atom is -0.486 e. The van der Waals surface area contributed by atoms with Crippen LogP contribution in [-0.4, -0.2) is 25.4 Å². The van der Waals surface area contributed by atoms with Crippen molar-refractivity contribution in [3.63, 3.8) is 0 Å². The van der Waals surface area contributed by atoms with Crippen LogP contribution in [0, 0.1) is 0 Å². The van der Waals surface area contributed by atoms with Crippen LogP contribution in [-0.2, 0) is 6.61 Å². The highest BCUT2D eigenvalue weighted by Gasteiger charge is 2.09. The highest BCUT2D eigenvalue weighted by molar-refractivity contribution is 5.89. The van der Waals surface area contributed by atoms with Gasteiger partial charge in [-0.3, -0.25) is 10.2 Å². The van der Waals surface area contributed by atoms with Crippen molar-refractivity contribution in [3.8, 4) is 17.0 Å². The molecule has 3 heterocycles. The average Bonchev–Trinajstić information content (AvgIpc) is 3.25. The Kier molecular flexibility index (Phi) is 3.16. The third kappa shape index (κ3) is 2.59. The first-order valence-electron chi connectivity index (χ1n) is 7.11. The molecule has 0 fully saturated rings. The molecule has 0 aliphatic heterocycles. The molecule has 0 atom stereocenters. The van der Waals surface area contributed by atoms with Gasteiger partial charge in [0.05, 0.1) is 16.9 Å². The normalized spacial score (nSPS) is 11.0. The van der Waals surface area contributed by atoms with Crippen LogP contribution in [0.15, 0.2) is 48.8 Å². The summed E-state index contributed by atoms with van der Waals surface area (Å²) in [6.45, 7) is 0.390. The Bertz CT molecular complexity index is 931. The van der Waals surface area contributed by atoms with Gasteiger partial charge in [0.2, 0.25) is 0 Å². The van der Waals surface area contributed by atoms with Gasteiger partial charge in [-0.05, 0) is 24.3 Å². The number of rotatable bonds is 4. The van der Waals surface area contributed by atoms with Crippen LogP contribution in [0.5, 0.6) is 5.75 Å². The van der Waals surface area contributed by atoms with Crippen molar-refractivity contribution in [2.75, 3.05) is 5.73 Å². The Morgan fingerprint density at radius 2 is 1.87 bits per heavy atom. The number of aromatic amines is 2. The van der Waals surface area contributed by atoms with Crippen molar-refractivity contribution in [3.05, 3.63) is 54.5 Å². The standard InChI is InChI=1S/C16H14N6O/c17-16-8-15(23-9-11-3-5-18-21-11)12-2-1-10(7-14(12)20-16)13-4-6-19-22-13/h1-8H,9H2,(H2,17,20)(H,18,21)(H,19,22). The number of benzene rings is 1. The van der Waals surface area contributed by atoms with Gasteiger partial charge in [-0.25, -0.2) is 4.98 Å². The van der Waals surface area contributed by atoms with Gasteiger partial charge in [0, 0.05) is 29.4 Å². The van der Waals surface area contributed by atoms with E-state index >= 15 is 0 Å². The smallest absolute Gasteiger partial charge is 0.132 e. The molecule has 7 nitrogen and oxygen atoms in total. The van der Waals surface area contributed by atoms with Gasteiger partial charge in [0.1, 0.15) is 18.2 Å². The predicted octanol–water partition coefficient (Wildman–Crippen LogP) is 2.51. The molecule has 0 unspecified atom stereocenters. The fourth-order valence-corrected chi connectivity index (χ4v) is 2.44. The molecule has 4 aromatic rings. The molecule has 4 rings (SSSR count). The van der Waals surface area contributed by atoms with Crippen LogP contribution in [0.25, 0.3) is 22.2 Å². The molecule has 114 valence electrons. The summed E-state index contributed by atoms with van der Waals surface area (Å²) in [6, 6.07) is 11.4. The van der Waals surface area contributed by atoms with Crippen LogP contribution in [0.1, 0.15) is 5.69 Å². The fourth-order valence-electron chi connectivity index (χ4n) is 2.44. The van der Waals surface area contributed by atoms with Crippen LogP contribution in [0.4, 0.5) is 5.82 Å². The van der Waals surface area contributed by atoms with Gasteiger partial charge in [0.25, 0.3) is 0 Å². The molecule has 1 aromatic carbocycles. The SMILES string of the molecule is Nc1cc(OCc2ccn[nH]2)c2ccc(-c3ccn[nH]3)cc2n1. The number of ether oxygens (including phenoxy) is 1. The van der Waals surface area contributed by atoms with E-state index in [1.807, 2.05) is 30.3 Å². The number of nitrogens with two attached hydrogens (primary N) is 1. The largest absolute Gasteiger partial charge is 0.486 e. The molecule has 0 saturated carbocycles. The molecule has 0 aliphatic rings. The highest BCUT2D eigenvalue weighted by atomic mass is 16.5. The molecule has 0 radical (unpaired) electrons. The molecule has 0 bridgehead atoms. The number of hydrogen-bond donors (Lipinski definition) is 3. The maximum absolute atomic E-state index is 5.91. The second-order valence-corrected chi connectivity index (χ2v) is 5.12. The van der Waals surface area contributed by atoms with Crippen LogP contribution in [0.2, 0.25) is 0 Å². The predicted molar refractivity (Wildman–Crippen MR) is 86.7 cm³/mol. The summed E-state index contributed by atoms with van der Waals surface area (Å²) in [5, 5.41) is 14.6. The third-order valence-electron chi connectivity index (χ3n) is 3.55. The van der Waals surface area contributed by atoms with E-state index in [1.54, 1.807) is 18.5 Å².